The van der Waals surface area contributed by atoms with Gasteiger partial charge in [0.1, 0.15) is 8.07 Å². The van der Waals surface area contributed by atoms with E-state index in [0.717, 1.165) is 0 Å². The van der Waals surface area contributed by atoms with Crippen LogP contribution in [0.1, 0.15) is 26.3 Å². The second kappa shape index (κ2) is 5.65. The summed E-state index contributed by atoms with van der Waals surface area (Å²) in [7, 11) is -0.179. The molecule has 0 aliphatic rings. The van der Waals surface area contributed by atoms with Crippen LogP contribution < -0.4 is 0 Å². The van der Waals surface area contributed by atoms with Crippen molar-refractivity contribution in [3.05, 3.63) is 34.9 Å². The molecule has 0 bridgehead atoms. The van der Waals surface area contributed by atoms with Crippen molar-refractivity contribution >= 4 is 20.3 Å². The van der Waals surface area contributed by atoms with Gasteiger partial charge in [-0.2, -0.15) is 0 Å². The Morgan fingerprint density at radius 1 is 1.33 bits per heavy atom. The first kappa shape index (κ1) is 14.2. The molecule has 0 fully saturated rings. The smallest absolute Gasteiger partial charge is 0.337 e. The third kappa shape index (κ3) is 3.86. The number of carbonyl (C=O) groups is 2. The fraction of sp³-hybridized carbons (Fsp3) is 0.286. The summed E-state index contributed by atoms with van der Waals surface area (Å²) in [5, 5.41) is 0. The van der Waals surface area contributed by atoms with Crippen molar-refractivity contribution in [2.24, 2.45) is 0 Å². The number of rotatable bonds is 2. The van der Waals surface area contributed by atoms with Gasteiger partial charge in [-0.15, -0.1) is 5.54 Å². The fourth-order valence-corrected chi connectivity index (χ4v) is 1.78. The van der Waals surface area contributed by atoms with Crippen LogP contribution >= 0.6 is 0 Å². The average molecular weight is 260 g/mol. The number of hydrogen-bond donors (Lipinski definition) is 0. The van der Waals surface area contributed by atoms with Gasteiger partial charge in [0.15, 0.2) is 6.29 Å². The van der Waals surface area contributed by atoms with Crippen LogP contribution in [0.2, 0.25) is 19.6 Å². The van der Waals surface area contributed by atoms with Gasteiger partial charge >= 0.3 is 5.97 Å². The maximum Gasteiger partial charge on any atom is 0.337 e. The van der Waals surface area contributed by atoms with E-state index in [4.69, 9.17) is 0 Å². The molecule has 0 saturated heterocycles. The maximum atomic E-state index is 11.3. The fourth-order valence-electron chi connectivity index (χ4n) is 1.27. The predicted molar refractivity (Wildman–Crippen MR) is 73.4 cm³/mol. The molecular formula is C14H16O3Si. The zero-order chi connectivity index (χ0) is 13.8. The van der Waals surface area contributed by atoms with E-state index in [-0.39, 0.29) is 0 Å². The van der Waals surface area contributed by atoms with Crippen molar-refractivity contribution < 1.29 is 14.3 Å². The summed E-state index contributed by atoms with van der Waals surface area (Å²) >= 11 is 0. The summed E-state index contributed by atoms with van der Waals surface area (Å²) in [4.78, 5) is 22.3. The van der Waals surface area contributed by atoms with Crippen LogP contribution in [0, 0.1) is 11.5 Å². The molecular weight excluding hydrogens is 244 g/mol. The highest BCUT2D eigenvalue weighted by atomic mass is 28.3. The number of ether oxygens (including phenoxy) is 1. The quantitative estimate of drug-likeness (QED) is 0.355. The zero-order valence-electron chi connectivity index (χ0n) is 11.0. The van der Waals surface area contributed by atoms with Crippen molar-refractivity contribution in [3.8, 4) is 11.5 Å². The molecule has 3 nitrogen and oxygen atoms in total. The highest BCUT2D eigenvalue weighted by molar-refractivity contribution is 6.83. The molecule has 4 heteroatoms. The van der Waals surface area contributed by atoms with E-state index in [1.165, 1.54) is 13.2 Å². The number of carbonyl (C=O) groups excluding carboxylic acids is 2. The van der Waals surface area contributed by atoms with Gasteiger partial charge in [-0.3, -0.25) is 4.79 Å². The minimum absolute atomic E-state index is 0.359. The van der Waals surface area contributed by atoms with Gasteiger partial charge in [0, 0.05) is 11.1 Å². The second-order valence-corrected chi connectivity index (χ2v) is 9.66. The summed E-state index contributed by atoms with van der Waals surface area (Å²) < 4.78 is 4.61. The topological polar surface area (TPSA) is 43.4 Å². The van der Waals surface area contributed by atoms with Gasteiger partial charge in [-0.25, -0.2) is 4.79 Å². The summed E-state index contributed by atoms with van der Waals surface area (Å²) in [5.74, 6) is 2.56. The van der Waals surface area contributed by atoms with Crippen molar-refractivity contribution in [1.82, 2.24) is 0 Å². The Labute approximate surface area is 108 Å². The summed E-state index contributed by atoms with van der Waals surface area (Å²) in [6.45, 7) is 6.39. The van der Waals surface area contributed by atoms with Gasteiger partial charge in [-0.1, -0.05) is 25.6 Å². The minimum Gasteiger partial charge on any atom is -0.465 e. The van der Waals surface area contributed by atoms with Crippen molar-refractivity contribution in [2.45, 2.75) is 19.6 Å². The molecule has 0 amide bonds. The van der Waals surface area contributed by atoms with Crippen molar-refractivity contribution in [1.29, 1.82) is 0 Å². The normalized spacial score (nSPS) is 10.2. The molecule has 0 aliphatic carbocycles. The largest absolute Gasteiger partial charge is 0.465 e. The predicted octanol–water partition coefficient (Wildman–Crippen LogP) is 2.51. The molecule has 0 aromatic heterocycles. The number of aldehydes is 1. The lowest BCUT2D eigenvalue weighted by Crippen LogP contribution is -2.16. The van der Waals surface area contributed by atoms with Gasteiger partial charge in [0.2, 0.25) is 0 Å². The second-order valence-electron chi connectivity index (χ2n) is 4.91. The van der Waals surface area contributed by atoms with Crippen molar-refractivity contribution in [3.63, 3.8) is 0 Å². The van der Waals surface area contributed by atoms with E-state index in [1.807, 2.05) is 0 Å². The third-order valence-electron chi connectivity index (χ3n) is 2.17. The summed E-state index contributed by atoms with van der Waals surface area (Å²) in [5.41, 5.74) is 4.62. The van der Waals surface area contributed by atoms with Gasteiger partial charge in [-0.05, 0) is 18.2 Å². The standard InChI is InChI=1S/C14H16O3Si/c1-17-14(16)12-6-5-11(13(9-12)10-15)7-8-18(2,3)4/h5-6,9-10H,1-4H3. The summed E-state index contributed by atoms with van der Waals surface area (Å²) in [6, 6.07) is 4.81. The molecule has 0 heterocycles. The van der Waals surface area contributed by atoms with Crippen molar-refractivity contribution in [2.75, 3.05) is 7.11 Å². The molecule has 1 aromatic carbocycles. The molecule has 1 rings (SSSR count). The van der Waals surface area contributed by atoms with Crippen LogP contribution in [-0.4, -0.2) is 27.4 Å². The van der Waals surface area contributed by atoms with Gasteiger partial charge in [0.05, 0.1) is 12.7 Å². The maximum absolute atomic E-state index is 11.3. The van der Waals surface area contributed by atoms with Crippen LogP contribution in [0.15, 0.2) is 18.2 Å². The number of methoxy groups -OCH3 is 1. The lowest BCUT2D eigenvalue weighted by atomic mass is 10.1. The molecule has 0 radical (unpaired) electrons. The van der Waals surface area contributed by atoms with E-state index in [1.54, 1.807) is 12.1 Å². The Bertz CT molecular complexity index is 530. The molecule has 0 saturated carbocycles. The van der Waals surface area contributed by atoms with Crippen LogP contribution in [0.25, 0.3) is 0 Å². The van der Waals surface area contributed by atoms with Crippen LogP contribution in [0.3, 0.4) is 0 Å². The molecule has 0 unspecified atom stereocenters. The highest BCUT2D eigenvalue weighted by Gasteiger charge is 2.10. The Kier molecular flexibility index (Phi) is 4.46. The van der Waals surface area contributed by atoms with Crippen LogP contribution in [0.4, 0.5) is 0 Å². The number of esters is 1. The van der Waals surface area contributed by atoms with Crippen LogP contribution in [0.5, 0.6) is 0 Å². The SMILES string of the molecule is COC(=O)c1ccc(C#C[Si](C)(C)C)c(C=O)c1. The number of benzene rings is 1. The Hall–Kier alpha value is -1.86. The third-order valence-corrected chi connectivity index (χ3v) is 3.05. The van der Waals surface area contributed by atoms with Gasteiger partial charge in [0.25, 0.3) is 0 Å². The summed E-state index contributed by atoms with van der Waals surface area (Å²) in [6.07, 6.45) is 0.709. The van der Waals surface area contributed by atoms with Gasteiger partial charge < -0.3 is 4.74 Å². The lowest BCUT2D eigenvalue weighted by molar-refractivity contribution is 0.0600. The Morgan fingerprint density at radius 3 is 2.50 bits per heavy atom. The van der Waals surface area contributed by atoms with E-state index in [2.05, 4.69) is 35.8 Å². The molecule has 94 valence electrons. The Morgan fingerprint density at radius 2 is 2.00 bits per heavy atom. The van der Waals surface area contributed by atoms with E-state index < -0.39 is 14.0 Å². The van der Waals surface area contributed by atoms with E-state index >= 15 is 0 Å². The first-order valence-corrected chi connectivity index (χ1v) is 9.08. The Balaban J connectivity index is 3.19. The highest BCUT2D eigenvalue weighted by Crippen LogP contribution is 2.11. The molecule has 0 spiro atoms. The molecule has 18 heavy (non-hydrogen) atoms. The van der Waals surface area contributed by atoms with E-state index in [0.29, 0.717) is 23.0 Å². The molecule has 0 aliphatic heterocycles. The first-order valence-electron chi connectivity index (χ1n) is 5.58. The lowest BCUT2D eigenvalue weighted by Gasteiger charge is -2.05. The average Bonchev–Trinajstić information content (AvgIpc) is 2.34. The molecule has 0 atom stereocenters. The minimum atomic E-state index is -1.49. The zero-order valence-corrected chi connectivity index (χ0v) is 12.0. The molecule has 0 N–H and O–H groups in total. The monoisotopic (exact) mass is 260 g/mol. The first-order chi connectivity index (χ1) is 8.37. The van der Waals surface area contributed by atoms with Crippen LogP contribution in [-0.2, 0) is 4.74 Å². The van der Waals surface area contributed by atoms with E-state index in [9.17, 15) is 9.59 Å². The molecule has 1 aromatic rings. The number of hydrogen-bond acceptors (Lipinski definition) is 3.